The number of hydrazine groups is 1. The maximum absolute atomic E-state index is 10.8. The molecule has 1 unspecified atom stereocenters. The molecule has 0 saturated heterocycles. The molecule has 1 aliphatic carbocycles. The molecule has 0 heterocycles. The molecule has 0 spiro atoms. The number of aliphatic imine (C=N–C) groups is 1. The van der Waals surface area contributed by atoms with Crippen LogP contribution in [-0.4, -0.2) is 23.9 Å². The molecular formula is C21H30ClN3O. The Hall–Kier alpha value is -1.78. The van der Waals surface area contributed by atoms with E-state index in [9.17, 15) is 5.11 Å². The summed E-state index contributed by atoms with van der Waals surface area (Å²) in [6.07, 6.45) is 5.60. The van der Waals surface area contributed by atoms with Crippen LogP contribution in [0.25, 0.3) is 0 Å². The maximum atomic E-state index is 10.8. The third-order valence-corrected chi connectivity index (χ3v) is 4.69. The summed E-state index contributed by atoms with van der Waals surface area (Å²) < 4.78 is 0. The van der Waals surface area contributed by atoms with Crippen LogP contribution in [0.4, 0.5) is 5.69 Å². The van der Waals surface area contributed by atoms with E-state index in [1.807, 2.05) is 24.3 Å². The molecule has 0 radical (unpaired) electrons. The number of allylic oxidation sites excluding steroid dienone is 2. The lowest BCUT2D eigenvalue weighted by molar-refractivity contribution is 0.446. The van der Waals surface area contributed by atoms with Gasteiger partial charge in [-0.05, 0) is 34.6 Å². The van der Waals surface area contributed by atoms with E-state index >= 15 is 0 Å². The van der Waals surface area contributed by atoms with E-state index < -0.39 is 0 Å². The molecule has 1 aromatic rings. The summed E-state index contributed by atoms with van der Waals surface area (Å²) in [6, 6.07) is 3.97. The number of nitrogens with one attached hydrogen (secondary N) is 2. The first kappa shape index (κ1) is 20.5. The van der Waals surface area contributed by atoms with Crippen LogP contribution < -0.4 is 10.9 Å². The van der Waals surface area contributed by atoms with Crippen LogP contribution in [0, 0.1) is 0 Å². The van der Waals surface area contributed by atoms with Gasteiger partial charge in [-0.3, -0.25) is 4.99 Å². The Kier molecular flexibility index (Phi) is 5.89. The van der Waals surface area contributed by atoms with Gasteiger partial charge in [0.25, 0.3) is 0 Å². The minimum absolute atomic E-state index is 0.0266. The number of benzene rings is 1. The molecule has 1 atom stereocenters. The molecule has 0 aromatic heterocycles. The van der Waals surface area contributed by atoms with Crippen molar-refractivity contribution in [2.24, 2.45) is 4.99 Å². The van der Waals surface area contributed by atoms with Crippen LogP contribution in [0.3, 0.4) is 0 Å². The second-order valence-corrected chi connectivity index (χ2v) is 9.14. The van der Waals surface area contributed by atoms with Gasteiger partial charge in [-0.1, -0.05) is 65.3 Å². The minimum Gasteiger partial charge on any atom is -0.505 e. The fourth-order valence-corrected chi connectivity index (χ4v) is 2.97. The zero-order chi connectivity index (χ0) is 19.7. The Labute approximate surface area is 162 Å². The third kappa shape index (κ3) is 4.68. The van der Waals surface area contributed by atoms with Crippen LogP contribution in [0.1, 0.15) is 52.7 Å². The Morgan fingerprint density at radius 2 is 1.73 bits per heavy atom. The first-order chi connectivity index (χ1) is 11.9. The molecular weight excluding hydrogens is 346 g/mol. The fourth-order valence-electron chi connectivity index (χ4n) is 2.78. The van der Waals surface area contributed by atoms with Gasteiger partial charge in [-0.2, -0.15) is 0 Å². The van der Waals surface area contributed by atoms with Crippen LogP contribution in [0.5, 0.6) is 5.75 Å². The average molecular weight is 376 g/mol. The zero-order valence-electron chi connectivity index (χ0n) is 16.7. The van der Waals surface area contributed by atoms with Gasteiger partial charge in [-0.25, -0.2) is 5.43 Å². The van der Waals surface area contributed by atoms with Crippen molar-refractivity contribution in [1.29, 1.82) is 0 Å². The van der Waals surface area contributed by atoms with Crippen molar-refractivity contribution in [1.82, 2.24) is 5.43 Å². The van der Waals surface area contributed by atoms with E-state index in [4.69, 9.17) is 11.6 Å². The predicted octanol–water partition coefficient (Wildman–Crippen LogP) is 5.04. The molecule has 0 aliphatic heterocycles. The van der Waals surface area contributed by atoms with Gasteiger partial charge >= 0.3 is 0 Å². The van der Waals surface area contributed by atoms with Crippen LogP contribution in [-0.2, 0) is 10.8 Å². The molecule has 0 amide bonds. The molecule has 1 aliphatic rings. The van der Waals surface area contributed by atoms with E-state index in [2.05, 4.69) is 63.5 Å². The number of phenols is 1. The van der Waals surface area contributed by atoms with Crippen molar-refractivity contribution in [2.45, 2.75) is 58.4 Å². The molecule has 0 fully saturated rings. The lowest BCUT2D eigenvalue weighted by Gasteiger charge is -2.28. The monoisotopic (exact) mass is 375 g/mol. The first-order valence-corrected chi connectivity index (χ1v) is 9.23. The lowest BCUT2D eigenvalue weighted by Crippen LogP contribution is -2.39. The van der Waals surface area contributed by atoms with Crippen LogP contribution in [0.15, 0.2) is 40.4 Å². The van der Waals surface area contributed by atoms with E-state index in [1.54, 1.807) is 7.05 Å². The second-order valence-electron chi connectivity index (χ2n) is 8.70. The SMILES string of the molecule is CN=C1C=C(Cl)C=CC1NNc1cc(C(C)(C)C)cc(C(C)(C)C)c1O. The number of phenolic OH excluding ortho intramolecular Hbond substituents is 1. The summed E-state index contributed by atoms with van der Waals surface area (Å²) >= 11 is 6.05. The molecule has 142 valence electrons. The largest absolute Gasteiger partial charge is 0.505 e. The van der Waals surface area contributed by atoms with E-state index in [0.29, 0.717) is 10.7 Å². The Morgan fingerprint density at radius 3 is 2.27 bits per heavy atom. The zero-order valence-corrected chi connectivity index (χ0v) is 17.5. The van der Waals surface area contributed by atoms with Gasteiger partial charge in [0, 0.05) is 17.6 Å². The number of rotatable bonds is 3. The standard InChI is InChI=1S/C21H30ClN3O/c1-20(2,3)13-10-15(21(4,5)6)19(26)18(11-13)25-24-16-9-8-14(22)12-17(16)23-7/h8-12,16,24-26H,1-7H3. The summed E-state index contributed by atoms with van der Waals surface area (Å²) in [5.41, 5.74) is 9.78. The van der Waals surface area contributed by atoms with Crippen molar-refractivity contribution in [2.75, 3.05) is 12.5 Å². The Morgan fingerprint density at radius 1 is 1.08 bits per heavy atom. The number of anilines is 1. The van der Waals surface area contributed by atoms with Crippen molar-refractivity contribution < 1.29 is 5.11 Å². The van der Waals surface area contributed by atoms with E-state index in [-0.39, 0.29) is 22.6 Å². The topological polar surface area (TPSA) is 56.7 Å². The molecule has 26 heavy (non-hydrogen) atoms. The third-order valence-electron chi connectivity index (χ3n) is 4.46. The summed E-state index contributed by atoms with van der Waals surface area (Å²) in [5.74, 6) is 0.265. The van der Waals surface area contributed by atoms with Crippen molar-refractivity contribution in [3.63, 3.8) is 0 Å². The highest BCUT2D eigenvalue weighted by Crippen LogP contribution is 2.40. The smallest absolute Gasteiger partial charge is 0.143 e. The number of nitrogens with zero attached hydrogens (tertiary/aromatic N) is 1. The molecule has 4 nitrogen and oxygen atoms in total. The Bertz CT molecular complexity index is 765. The highest BCUT2D eigenvalue weighted by Gasteiger charge is 2.25. The summed E-state index contributed by atoms with van der Waals surface area (Å²) in [6.45, 7) is 12.8. The molecule has 3 N–H and O–H groups in total. The van der Waals surface area contributed by atoms with Crippen molar-refractivity contribution in [3.05, 3.63) is 46.5 Å². The fraction of sp³-hybridized carbons (Fsp3) is 0.476. The lowest BCUT2D eigenvalue weighted by atomic mass is 9.80. The highest BCUT2D eigenvalue weighted by atomic mass is 35.5. The normalized spacial score (nSPS) is 19.6. The summed E-state index contributed by atoms with van der Waals surface area (Å²) in [7, 11) is 1.74. The van der Waals surface area contributed by atoms with E-state index in [0.717, 1.165) is 16.8 Å². The van der Waals surface area contributed by atoms with Crippen molar-refractivity contribution in [3.8, 4) is 5.75 Å². The molecule has 0 saturated carbocycles. The summed E-state index contributed by atoms with van der Waals surface area (Å²) in [4.78, 5) is 4.27. The second kappa shape index (κ2) is 7.45. The maximum Gasteiger partial charge on any atom is 0.143 e. The molecule has 2 rings (SSSR count). The number of halogens is 1. The van der Waals surface area contributed by atoms with Gasteiger partial charge in [0.2, 0.25) is 0 Å². The van der Waals surface area contributed by atoms with E-state index in [1.165, 1.54) is 0 Å². The first-order valence-electron chi connectivity index (χ1n) is 8.85. The van der Waals surface area contributed by atoms with Gasteiger partial charge in [-0.15, -0.1) is 0 Å². The predicted molar refractivity (Wildman–Crippen MR) is 112 cm³/mol. The van der Waals surface area contributed by atoms with Crippen molar-refractivity contribution >= 4 is 23.0 Å². The van der Waals surface area contributed by atoms with Crippen LogP contribution >= 0.6 is 11.6 Å². The number of hydrogen-bond donors (Lipinski definition) is 3. The van der Waals surface area contributed by atoms with Gasteiger partial charge < -0.3 is 10.5 Å². The van der Waals surface area contributed by atoms with Crippen LogP contribution in [0.2, 0.25) is 0 Å². The number of hydrogen-bond acceptors (Lipinski definition) is 4. The van der Waals surface area contributed by atoms with Gasteiger partial charge in [0.05, 0.1) is 17.4 Å². The summed E-state index contributed by atoms with van der Waals surface area (Å²) in [5, 5.41) is 11.5. The van der Waals surface area contributed by atoms with Gasteiger partial charge in [0.15, 0.2) is 0 Å². The quantitative estimate of drug-likeness (QED) is 0.512. The molecule has 0 bridgehead atoms. The number of aromatic hydroxyl groups is 1. The highest BCUT2D eigenvalue weighted by molar-refractivity contribution is 6.33. The minimum atomic E-state index is -0.168. The average Bonchev–Trinajstić information content (AvgIpc) is 2.52. The molecule has 1 aromatic carbocycles. The van der Waals surface area contributed by atoms with Gasteiger partial charge in [0.1, 0.15) is 5.75 Å². The Balaban J connectivity index is 2.36. The molecule has 5 heteroatoms.